The molecule has 1 heterocycles. The fourth-order valence-corrected chi connectivity index (χ4v) is 3.06. The molecule has 0 saturated heterocycles. The van der Waals surface area contributed by atoms with Crippen LogP contribution in [0.25, 0.3) is 11.0 Å². The van der Waals surface area contributed by atoms with E-state index in [1.807, 2.05) is 49.4 Å². The van der Waals surface area contributed by atoms with Gasteiger partial charge in [-0.15, -0.1) is 0 Å². The van der Waals surface area contributed by atoms with Crippen molar-refractivity contribution in [3.8, 4) is 17.2 Å². The molecule has 0 saturated carbocycles. The largest absolute Gasteiger partial charge is 0.489 e. The minimum Gasteiger partial charge on any atom is -0.489 e. The highest BCUT2D eigenvalue weighted by Crippen LogP contribution is 2.25. The summed E-state index contributed by atoms with van der Waals surface area (Å²) >= 11 is 5.99. The van der Waals surface area contributed by atoms with Crippen molar-refractivity contribution in [1.29, 1.82) is 0 Å². The zero-order valence-electron chi connectivity index (χ0n) is 15.1. The molecule has 0 aliphatic heterocycles. The molecule has 0 fully saturated rings. The number of hydrogen-bond donors (Lipinski definition) is 0. The van der Waals surface area contributed by atoms with Gasteiger partial charge in [-0.2, -0.15) is 0 Å². The van der Waals surface area contributed by atoms with Crippen molar-refractivity contribution in [2.24, 2.45) is 0 Å². The Labute approximate surface area is 166 Å². The Morgan fingerprint density at radius 3 is 2.64 bits per heavy atom. The van der Waals surface area contributed by atoms with Gasteiger partial charge in [0, 0.05) is 11.1 Å². The van der Waals surface area contributed by atoms with Gasteiger partial charge in [0.2, 0.25) is 11.2 Å². The quantitative estimate of drug-likeness (QED) is 0.410. The van der Waals surface area contributed by atoms with Gasteiger partial charge in [-0.1, -0.05) is 35.9 Å². The van der Waals surface area contributed by atoms with Crippen LogP contribution in [0.5, 0.6) is 17.2 Å². The number of halogens is 1. The van der Waals surface area contributed by atoms with Crippen LogP contribution in [0.3, 0.4) is 0 Å². The highest BCUT2D eigenvalue weighted by atomic mass is 35.5. The summed E-state index contributed by atoms with van der Waals surface area (Å²) in [4.78, 5) is 12.7. The summed E-state index contributed by atoms with van der Waals surface area (Å²) < 4.78 is 17.1. The molecule has 0 unspecified atom stereocenters. The number of fused-ring (bicyclic) bond motifs is 1. The fourth-order valence-electron chi connectivity index (χ4n) is 2.85. The van der Waals surface area contributed by atoms with E-state index in [0.29, 0.717) is 34.1 Å². The van der Waals surface area contributed by atoms with Gasteiger partial charge < -0.3 is 13.9 Å². The maximum absolute atomic E-state index is 12.7. The smallest absolute Gasteiger partial charge is 0.235 e. The lowest BCUT2D eigenvalue weighted by Crippen LogP contribution is -2.05. The maximum atomic E-state index is 12.7. The molecule has 0 bridgehead atoms. The summed E-state index contributed by atoms with van der Waals surface area (Å²) in [7, 11) is 0. The predicted molar refractivity (Wildman–Crippen MR) is 110 cm³/mol. The van der Waals surface area contributed by atoms with Gasteiger partial charge >= 0.3 is 0 Å². The average molecular weight is 393 g/mol. The second-order valence-corrected chi connectivity index (χ2v) is 6.86. The zero-order chi connectivity index (χ0) is 19.5. The molecule has 4 nitrogen and oxygen atoms in total. The van der Waals surface area contributed by atoms with Crippen molar-refractivity contribution in [3.63, 3.8) is 0 Å². The molecule has 0 atom stereocenters. The predicted octanol–water partition coefficient (Wildman–Crippen LogP) is 6.13. The van der Waals surface area contributed by atoms with Crippen LogP contribution in [0, 0.1) is 6.92 Å². The van der Waals surface area contributed by atoms with Crippen LogP contribution in [0.15, 0.2) is 82.2 Å². The molecule has 3 aromatic carbocycles. The molecular formula is C23H17ClO4. The lowest BCUT2D eigenvalue weighted by atomic mass is 10.2. The summed E-state index contributed by atoms with van der Waals surface area (Å²) in [5.74, 6) is 1.33. The molecule has 140 valence electrons. The Morgan fingerprint density at radius 1 is 0.964 bits per heavy atom. The summed E-state index contributed by atoms with van der Waals surface area (Å²) in [6, 6.07) is 20.1. The van der Waals surface area contributed by atoms with Crippen LogP contribution in [-0.4, -0.2) is 0 Å². The molecule has 1 aromatic heterocycles. The fraction of sp³-hybridized carbons (Fsp3) is 0.0870. The molecule has 5 heteroatoms. The van der Waals surface area contributed by atoms with Gasteiger partial charge in [0.05, 0.1) is 5.39 Å². The van der Waals surface area contributed by atoms with Gasteiger partial charge in [0.25, 0.3) is 0 Å². The standard InChI is InChI=1S/C23H17ClO4/c1-15-4-2-7-19(10-15)28-22-14-27-21-12-18(8-9-20(21)23(22)25)26-13-16-5-3-6-17(24)11-16/h2-12,14H,13H2,1H3. The van der Waals surface area contributed by atoms with E-state index >= 15 is 0 Å². The third-order valence-corrected chi connectivity index (χ3v) is 4.46. The van der Waals surface area contributed by atoms with Crippen molar-refractivity contribution in [1.82, 2.24) is 0 Å². The van der Waals surface area contributed by atoms with Crippen LogP contribution in [0.4, 0.5) is 0 Å². The second-order valence-electron chi connectivity index (χ2n) is 6.42. The molecule has 4 rings (SSSR count). The van der Waals surface area contributed by atoms with Crippen LogP contribution in [0.1, 0.15) is 11.1 Å². The Morgan fingerprint density at radius 2 is 1.82 bits per heavy atom. The summed E-state index contributed by atoms with van der Waals surface area (Å²) in [5, 5.41) is 1.09. The van der Waals surface area contributed by atoms with Crippen molar-refractivity contribution in [2.45, 2.75) is 13.5 Å². The Kier molecular flexibility index (Phi) is 5.04. The minimum absolute atomic E-state index is 0.144. The minimum atomic E-state index is -0.232. The van der Waals surface area contributed by atoms with E-state index in [1.165, 1.54) is 6.26 Å². The summed E-state index contributed by atoms with van der Waals surface area (Å²) in [6.45, 7) is 2.32. The first-order valence-electron chi connectivity index (χ1n) is 8.76. The first-order valence-corrected chi connectivity index (χ1v) is 9.13. The van der Waals surface area contributed by atoms with E-state index in [9.17, 15) is 4.79 Å². The topological polar surface area (TPSA) is 48.7 Å². The normalized spacial score (nSPS) is 10.8. The van der Waals surface area contributed by atoms with Gasteiger partial charge in [-0.3, -0.25) is 4.79 Å². The van der Waals surface area contributed by atoms with Crippen LogP contribution in [-0.2, 0) is 6.61 Å². The summed E-state index contributed by atoms with van der Waals surface area (Å²) in [5.41, 5.74) is 2.20. The number of rotatable bonds is 5. The first kappa shape index (κ1) is 18.1. The highest BCUT2D eigenvalue weighted by Gasteiger charge is 2.10. The van der Waals surface area contributed by atoms with Crippen molar-refractivity contribution in [3.05, 3.63) is 99.4 Å². The van der Waals surface area contributed by atoms with Crippen molar-refractivity contribution in [2.75, 3.05) is 0 Å². The monoisotopic (exact) mass is 392 g/mol. The van der Waals surface area contributed by atoms with Crippen LogP contribution < -0.4 is 14.9 Å². The lowest BCUT2D eigenvalue weighted by molar-refractivity contribution is 0.306. The Hall–Kier alpha value is -3.24. The Bertz CT molecular complexity index is 1200. The molecule has 0 aliphatic carbocycles. The third kappa shape index (κ3) is 4.02. The highest BCUT2D eigenvalue weighted by molar-refractivity contribution is 6.30. The number of ether oxygens (including phenoxy) is 2. The number of benzene rings is 3. The number of hydrogen-bond acceptors (Lipinski definition) is 4. The van der Waals surface area contributed by atoms with E-state index in [0.717, 1.165) is 11.1 Å². The average Bonchev–Trinajstić information content (AvgIpc) is 2.69. The van der Waals surface area contributed by atoms with Crippen molar-refractivity contribution < 1.29 is 13.9 Å². The molecule has 0 aliphatic rings. The van der Waals surface area contributed by atoms with Gasteiger partial charge in [0.15, 0.2) is 0 Å². The van der Waals surface area contributed by atoms with Crippen LogP contribution in [0.2, 0.25) is 5.02 Å². The second kappa shape index (κ2) is 7.79. The SMILES string of the molecule is Cc1cccc(Oc2coc3cc(OCc4cccc(Cl)c4)ccc3c2=O)c1. The molecular weight excluding hydrogens is 376 g/mol. The molecule has 4 aromatic rings. The third-order valence-electron chi connectivity index (χ3n) is 4.23. The number of aryl methyl sites for hydroxylation is 1. The van der Waals surface area contributed by atoms with Gasteiger partial charge in [-0.25, -0.2) is 0 Å². The van der Waals surface area contributed by atoms with E-state index in [2.05, 4.69) is 0 Å². The van der Waals surface area contributed by atoms with Gasteiger partial charge in [0.1, 0.15) is 30.0 Å². The first-order chi connectivity index (χ1) is 13.6. The van der Waals surface area contributed by atoms with E-state index < -0.39 is 0 Å². The van der Waals surface area contributed by atoms with Crippen molar-refractivity contribution >= 4 is 22.6 Å². The molecule has 0 spiro atoms. The molecule has 28 heavy (non-hydrogen) atoms. The molecule has 0 N–H and O–H groups in total. The van der Waals surface area contributed by atoms with E-state index in [4.69, 9.17) is 25.5 Å². The van der Waals surface area contributed by atoms with Gasteiger partial charge in [-0.05, 0) is 54.4 Å². The Balaban J connectivity index is 1.56. The van der Waals surface area contributed by atoms with Crippen LogP contribution >= 0.6 is 11.6 Å². The van der Waals surface area contributed by atoms with E-state index in [1.54, 1.807) is 24.3 Å². The molecule has 0 amide bonds. The maximum Gasteiger partial charge on any atom is 0.235 e. The summed E-state index contributed by atoms with van der Waals surface area (Å²) in [6.07, 6.45) is 1.33. The lowest BCUT2D eigenvalue weighted by Gasteiger charge is -2.09. The van der Waals surface area contributed by atoms with E-state index in [-0.39, 0.29) is 11.2 Å². The molecule has 0 radical (unpaired) electrons. The zero-order valence-corrected chi connectivity index (χ0v) is 15.9.